The van der Waals surface area contributed by atoms with Crippen molar-refractivity contribution in [3.63, 3.8) is 0 Å². The van der Waals surface area contributed by atoms with Crippen LogP contribution >= 0.6 is 0 Å². The average Bonchev–Trinajstić information content (AvgIpc) is 2.72. The van der Waals surface area contributed by atoms with Crippen LogP contribution in [0, 0.1) is 5.92 Å². The first kappa shape index (κ1) is 9.97. The van der Waals surface area contributed by atoms with E-state index >= 15 is 0 Å². The summed E-state index contributed by atoms with van der Waals surface area (Å²) in [5.41, 5.74) is 0. The van der Waals surface area contributed by atoms with Crippen molar-refractivity contribution in [1.29, 1.82) is 0 Å². The first-order chi connectivity index (χ1) is 7.77. The summed E-state index contributed by atoms with van der Waals surface area (Å²) in [4.78, 5) is 12.2. The van der Waals surface area contributed by atoms with E-state index in [2.05, 4.69) is 35.1 Å². The van der Waals surface area contributed by atoms with Crippen molar-refractivity contribution in [2.45, 2.75) is 16.8 Å². The molecule has 0 saturated carbocycles. The average molecular weight is 232 g/mol. The van der Waals surface area contributed by atoms with Crippen LogP contribution in [0.25, 0.3) is 0 Å². The molecule has 0 bridgehead atoms. The van der Waals surface area contributed by atoms with Gasteiger partial charge in [-0.3, -0.25) is 4.79 Å². The molecule has 2 heterocycles. The molecule has 16 heavy (non-hydrogen) atoms. The summed E-state index contributed by atoms with van der Waals surface area (Å²) >= 11 is 0. The highest BCUT2D eigenvalue weighted by atomic mass is 32.2. The largest absolute Gasteiger partial charge is 0.302 e. The van der Waals surface area contributed by atoms with Gasteiger partial charge in [0.1, 0.15) is 6.26 Å². The minimum Gasteiger partial charge on any atom is -0.302 e. The van der Waals surface area contributed by atoms with E-state index in [0.29, 0.717) is 17.6 Å². The molecule has 3 unspecified atom stereocenters. The fourth-order valence-electron chi connectivity index (χ4n) is 2.45. The smallest absolute Gasteiger partial charge is 0.228 e. The Bertz CT molecular complexity index is 486. The number of carbonyl (C=O) groups is 1. The maximum Gasteiger partial charge on any atom is 0.228 e. The molecule has 3 heteroatoms. The molecule has 0 radical (unpaired) electrons. The van der Waals surface area contributed by atoms with Gasteiger partial charge in [0.2, 0.25) is 5.03 Å². The zero-order chi connectivity index (χ0) is 11.1. The molecule has 0 fully saturated rings. The summed E-state index contributed by atoms with van der Waals surface area (Å²) in [5.74, 6) is 0.415. The fourth-order valence-corrected chi connectivity index (χ4v) is 4.53. The van der Waals surface area contributed by atoms with E-state index < -0.39 is 0 Å². The lowest BCUT2D eigenvalue weighted by Gasteiger charge is -2.17. The van der Waals surface area contributed by atoms with Crippen LogP contribution in [0.3, 0.4) is 0 Å². The molecule has 3 atom stereocenters. The van der Waals surface area contributed by atoms with Gasteiger partial charge in [0, 0.05) is 23.2 Å². The van der Waals surface area contributed by atoms with Crippen molar-refractivity contribution in [1.82, 2.24) is 4.57 Å². The number of carbonyl (C=O) groups excluding carboxylic acids is 1. The highest BCUT2D eigenvalue weighted by molar-refractivity contribution is 7.97. The zero-order valence-electron chi connectivity index (χ0n) is 9.17. The van der Waals surface area contributed by atoms with Crippen molar-refractivity contribution in [2.75, 3.05) is 6.26 Å². The van der Waals surface area contributed by atoms with E-state index in [0.717, 1.165) is 0 Å². The third kappa shape index (κ3) is 1.39. The van der Waals surface area contributed by atoms with Gasteiger partial charge in [-0.15, -0.1) is 0 Å². The summed E-state index contributed by atoms with van der Waals surface area (Å²) in [5, 5.41) is 1.66. The number of fused-ring (bicyclic) bond motifs is 2. The van der Waals surface area contributed by atoms with Crippen molar-refractivity contribution in [3.8, 4) is 0 Å². The van der Waals surface area contributed by atoms with E-state index in [4.69, 9.17) is 0 Å². The molecule has 2 aliphatic rings. The van der Waals surface area contributed by atoms with Gasteiger partial charge < -0.3 is 4.57 Å². The number of ketones is 1. The van der Waals surface area contributed by atoms with Gasteiger partial charge in [0.25, 0.3) is 0 Å². The van der Waals surface area contributed by atoms with E-state index in [-0.39, 0.29) is 16.8 Å². The number of hydrogen-bond acceptors (Lipinski definition) is 1. The number of allylic oxidation sites excluding steroid dienone is 3. The summed E-state index contributed by atoms with van der Waals surface area (Å²) in [7, 11) is 0.115. The highest BCUT2D eigenvalue weighted by Crippen LogP contribution is 2.30. The summed E-state index contributed by atoms with van der Waals surface area (Å²) in [6.07, 6.45) is 12.6. The molecule has 2 nitrogen and oxygen atoms in total. The molecular weight excluding hydrogens is 218 g/mol. The van der Waals surface area contributed by atoms with Gasteiger partial charge in [0.05, 0.1) is 12.5 Å². The SMILES string of the molecule is C[S+]1c2cccn2CC(=O)C2C=CC=CC21. The molecule has 0 amide bonds. The van der Waals surface area contributed by atoms with E-state index in [1.165, 1.54) is 5.03 Å². The second-order valence-corrected chi connectivity index (χ2v) is 6.34. The maximum absolute atomic E-state index is 12.2. The van der Waals surface area contributed by atoms with Crippen LogP contribution in [-0.4, -0.2) is 21.9 Å². The number of hydrogen-bond donors (Lipinski definition) is 0. The molecule has 0 N–H and O–H groups in total. The van der Waals surface area contributed by atoms with Gasteiger partial charge >= 0.3 is 0 Å². The Labute approximate surface area is 98.0 Å². The lowest BCUT2D eigenvalue weighted by molar-refractivity contribution is -0.121. The first-order valence-corrected chi connectivity index (χ1v) is 7.14. The molecule has 3 rings (SSSR count). The lowest BCUT2D eigenvalue weighted by Crippen LogP contribution is -2.31. The third-order valence-electron chi connectivity index (χ3n) is 3.31. The second kappa shape index (κ2) is 3.67. The van der Waals surface area contributed by atoms with Crippen LogP contribution in [0.2, 0.25) is 0 Å². The Morgan fingerprint density at radius 3 is 3.06 bits per heavy atom. The molecule has 82 valence electrons. The summed E-state index contributed by atoms with van der Waals surface area (Å²) < 4.78 is 2.10. The highest BCUT2D eigenvalue weighted by Gasteiger charge is 2.42. The molecule has 1 aromatic rings. The van der Waals surface area contributed by atoms with Crippen LogP contribution in [0.15, 0.2) is 47.7 Å². The Kier molecular flexibility index (Phi) is 2.28. The number of aromatic nitrogens is 1. The minimum atomic E-state index is 0.0817. The fraction of sp³-hybridized carbons (Fsp3) is 0.308. The normalized spacial score (nSPS) is 32.1. The molecule has 0 aromatic carbocycles. The lowest BCUT2D eigenvalue weighted by atomic mass is 9.95. The third-order valence-corrected chi connectivity index (χ3v) is 5.61. The van der Waals surface area contributed by atoms with Crippen LogP contribution in [0.1, 0.15) is 0 Å². The quantitative estimate of drug-likeness (QED) is 0.625. The van der Waals surface area contributed by atoms with Crippen LogP contribution < -0.4 is 0 Å². The number of Topliss-reactive ketones (excluding diaryl/α,β-unsaturated/α-hetero) is 1. The molecule has 1 aromatic heterocycles. The topological polar surface area (TPSA) is 22.0 Å². The van der Waals surface area contributed by atoms with Gasteiger partial charge in [0.15, 0.2) is 11.0 Å². The Morgan fingerprint density at radius 1 is 1.38 bits per heavy atom. The predicted octanol–water partition coefficient (Wildman–Crippen LogP) is 1.79. The molecule has 0 saturated heterocycles. The predicted molar refractivity (Wildman–Crippen MR) is 66.6 cm³/mol. The van der Waals surface area contributed by atoms with E-state index in [1.54, 1.807) is 0 Å². The monoisotopic (exact) mass is 232 g/mol. The first-order valence-electron chi connectivity index (χ1n) is 5.45. The Morgan fingerprint density at radius 2 is 2.19 bits per heavy atom. The molecule has 1 aliphatic carbocycles. The van der Waals surface area contributed by atoms with Gasteiger partial charge in [-0.2, -0.15) is 0 Å². The zero-order valence-corrected chi connectivity index (χ0v) is 9.98. The summed E-state index contributed by atoms with van der Waals surface area (Å²) in [6.45, 7) is 0.527. The van der Waals surface area contributed by atoms with Crippen LogP contribution in [0.5, 0.6) is 0 Å². The van der Waals surface area contributed by atoms with E-state index in [9.17, 15) is 4.79 Å². The van der Waals surface area contributed by atoms with Crippen LogP contribution in [-0.2, 0) is 22.2 Å². The van der Waals surface area contributed by atoms with Gasteiger partial charge in [-0.05, 0) is 12.1 Å². The maximum atomic E-state index is 12.2. The summed E-state index contributed by atoms with van der Waals surface area (Å²) in [6, 6.07) is 4.18. The van der Waals surface area contributed by atoms with E-state index in [1.807, 2.05) is 18.3 Å². The van der Waals surface area contributed by atoms with Crippen molar-refractivity contribution in [3.05, 3.63) is 42.6 Å². The molecule has 0 spiro atoms. The molecule has 1 aliphatic heterocycles. The number of rotatable bonds is 0. The second-order valence-electron chi connectivity index (χ2n) is 4.26. The van der Waals surface area contributed by atoms with Crippen molar-refractivity contribution < 1.29 is 4.79 Å². The van der Waals surface area contributed by atoms with Gasteiger partial charge in [-0.1, -0.05) is 18.2 Å². The standard InChI is InChI=1S/C13H14NOS/c1-16-12-6-3-2-5-10(12)11(15)9-14-8-4-7-13(14)16/h2-8,10,12H,9H2,1H3/q+1. The molecular formula is C13H14NOS+. The van der Waals surface area contributed by atoms with Gasteiger partial charge in [-0.25, -0.2) is 0 Å². The van der Waals surface area contributed by atoms with Crippen molar-refractivity contribution in [2.24, 2.45) is 5.92 Å². The number of nitrogens with zero attached hydrogens (tertiary/aromatic N) is 1. The Balaban J connectivity index is 2.09. The minimum absolute atomic E-state index is 0.0817. The Hall–Kier alpha value is -1.22. The van der Waals surface area contributed by atoms with Crippen molar-refractivity contribution >= 4 is 16.7 Å². The van der Waals surface area contributed by atoms with Crippen LogP contribution in [0.4, 0.5) is 0 Å².